The maximum Gasteiger partial charge on any atom is 0.407 e. The van der Waals surface area contributed by atoms with Crippen molar-refractivity contribution >= 4 is 29.8 Å². The number of alkyl carbamates (subject to hydrolysis) is 1. The highest BCUT2D eigenvalue weighted by Gasteiger charge is 2.21. The molecule has 246 valence electrons. The molecular weight excluding hydrogens is 586 g/mol. The van der Waals surface area contributed by atoms with Crippen molar-refractivity contribution in [3.63, 3.8) is 0 Å². The fourth-order valence-corrected chi connectivity index (χ4v) is 3.42. The van der Waals surface area contributed by atoms with E-state index in [1.54, 1.807) is 74.4 Å². The Bertz CT molecular complexity index is 1370. The number of nitrogens with one attached hydrogen (secondary N) is 3. The molecule has 0 aliphatic carbocycles. The van der Waals surface area contributed by atoms with Gasteiger partial charge < -0.3 is 29.0 Å². The smallest absolute Gasteiger partial charge is 0.407 e. The van der Waals surface area contributed by atoms with Crippen molar-refractivity contribution < 1.29 is 47.7 Å². The number of hydrazine groups is 1. The first kappa shape index (κ1) is 36.4. The molecule has 45 heavy (non-hydrogen) atoms. The highest BCUT2D eigenvalue weighted by atomic mass is 16.6. The summed E-state index contributed by atoms with van der Waals surface area (Å²) in [5.74, 6) is -2.51. The molecular formula is C32H43N3O10. The molecule has 0 bridgehead atoms. The first-order chi connectivity index (χ1) is 20.7. The van der Waals surface area contributed by atoms with E-state index in [-0.39, 0.29) is 29.2 Å². The summed E-state index contributed by atoms with van der Waals surface area (Å²) >= 11 is 0. The fraction of sp³-hybridized carbons (Fsp3) is 0.469. The van der Waals surface area contributed by atoms with E-state index < -0.39 is 59.9 Å². The van der Waals surface area contributed by atoms with Gasteiger partial charge in [-0.3, -0.25) is 20.4 Å². The molecule has 0 spiro atoms. The Kier molecular flexibility index (Phi) is 12.3. The Morgan fingerprint density at radius 3 is 1.51 bits per heavy atom. The normalized spacial score (nSPS) is 11.5. The van der Waals surface area contributed by atoms with Gasteiger partial charge in [0, 0.05) is 17.7 Å². The Hall–Kier alpha value is -4.81. The lowest BCUT2D eigenvalue weighted by Crippen LogP contribution is -2.41. The Morgan fingerprint density at radius 2 is 1.02 bits per heavy atom. The van der Waals surface area contributed by atoms with Crippen LogP contribution in [0.3, 0.4) is 0 Å². The average molecular weight is 630 g/mol. The molecule has 3 amide bonds. The molecule has 0 aliphatic heterocycles. The van der Waals surface area contributed by atoms with Crippen LogP contribution >= 0.6 is 0 Å². The minimum absolute atomic E-state index is 0.0148. The van der Waals surface area contributed by atoms with Gasteiger partial charge in [-0.05, 0) is 98.2 Å². The minimum atomic E-state index is -0.742. The number of amides is 3. The molecule has 2 rings (SSSR count). The molecule has 2 aromatic carbocycles. The lowest BCUT2D eigenvalue weighted by molar-refractivity contribution is -0.158. The zero-order chi connectivity index (χ0) is 34.0. The SMILES string of the molecule is CC(C)(C)OC(=O)COc1ccc(C(=O)NNC(=O)c2ccc(CNC(=O)OC(C)(C)C)cc2)cc1OCC(=O)OC(C)(C)C. The van der Waals surface area contributed by atoms with Crippen LogP contribution in [0, 0.1) is 0 Å². The quantitative estimate of drug-likeness (QED) is 0.197. The standard InChI is InChI=1S/C32H43N3O10/c1-30(2,3)43-25(36)18-41-23-15-14-22(16-24(23)42-19-26(37)44-31(4,5)6)28(39)35-34-27(38)21-12-10-20(11-13-21)17-33-29(40)45-32(7,8)9/h10-16H,17-19H2,1-9H3,(H,33,40)(H,34,38)(H,35,39). The second kappa shape index (κ2) is 15.3. The zero-order valence-electron chi connectivity index (χ0n) is 27.2. The number of carbonyl (C=O) groups is 5. The summed E-state index contributed by atoms with van der Waals surface area (Å²) in [4.78, 5) is 61.7. The van der Waals surface area contributed by atoms with Gasteiger partial charge in [0.05, 0.1) is 0 Å². The first-order valence-electron chi connectivity index (χ1n) is 14.2. The summed E-state index contributed by atoms with van der Waals surface area (Å²) in [6.45, 7) is 14.8. The molecule has 0 atom stereocenters. The van der Waals surface area contributed by atoms with Gasteiger partial charge in [-0.1, -0.05) is 12.1 Å². The summed E-state index contributed by atoms with van der Waals surface area (Å²) in [5, 5.41) is 2.63. The van der Waals surface area contributed by atoms with Crippen LogP contribution in [0.2, 0.25) is 0 Å². The van der Waals surface area contributed by atoms with E-state index >= 15 is 0 Å². The largest absolute Gasteiger partial charge is 0.478 e. The summed E-state index contributed by atoms with van der Waals surface area (Å²) in [7, 11) is 0. The topological polar surface area (TPSA) is 168 Å². The number of rotatable bonds is 10. The third kappa shape index (κ3) is 14.5. The Labute approximate surface area is 263 Å². The number of ether oxygens (including phenoxy) is 5. The van der Waals surface area contributed by atoms with Gasteiger partial charge in [0.2, 0.25) is 0 Å². The maximum absolute atomic E-state index is 12.9. The summed E-state index contributed by atoms with van der Waals surface area (Å²) in [5.41, 5.74) is 3.61. The lowest BCUT2D eigenvalue weighted by atomic mass is 10.1. The number of benzene rings is 2. The fourth-order valence-electron chi connectivity index (χ4n) is 3.42. The van der Waals surface area contributed by atoms with Gasteiger partial charge >= 0.3 is 18.0 Å². The molecule has 0 saturated heterocycles. The van der Waals surface area contributed by atoms with E-state index in [9.17, 15) is 24.0 Å². The average Bonchev–Trinajstić information content (AvgIpc) is 2.90. The van der Waals surface area contributed by atoms with Crippen molar-refractivity contribution in [1.82, 2.24) is 16.2 Å². The van der Waals surface area contributed by atoms with E-state index in [4.69, 9.17) is 23.7 Å². The molecule has 0 radical (unpaired) electrons. The minimum Gasteiger partial charge on any atom is -0.478 e. The number of carbonyl (C=O) groups excluding carboxylic acids is 5. The van der Waals surface area contributed by atoms with Crippen LogP contribution in [0.1, 0.15) is 88.6 Å². The van der Waals surface area contributed by atoms with Crippen molar-refractivity contribution in [2.45, 2.75) is 85.7 Å². The second-order valence-electron chi connectivity index (χ2n) is 12.9. The van der Waals surface area contributed by atoms with Crippen LogP contribution in [-0.2, 0) is 30.3 Å². The zero-order valence-corrected chi connectivity index (χ0v) is 27.2. The molecule has 0 aromatic heterocycles. The maximum atomic E-state index is 12.9. The Balaban J connectivity index is 2.05. The first-order valence-corrected chi connectivity index (χ1v) is 14.2. The van der Waals surface area contributed by atoms with Crippen molar-refractivity contribution in [2.75, 3.05) is 13.2 Å². The molecule has 0 saturated carbocycles. The van der Waals surface area contributed by atoms with Crippen LogP contribution in [-0.4, -0.2) is 59.9 Å². The summed E-state index contributed by atoms with van der Waals surface area (Å²) < 4.78 is 26.8. The van der Waals surface area contributed by atoms with Crippen molar-refractivity contribution in [3.05, 3.63) is 59.2 Å². The van der Waals surface area contributed by atoms with Gasteiger partial charge in [0.15, 0.2) is 24.7 Å². The van der Waals surface area contributed by atoms with Crippen molar-refractivity contribution in [2.24, 2.45) is 0 Å². The number of esters is 2. The molecule has 0 heterocycles. The predicted octanol–water partition coefficient (Wildman–Crippen LogP) is 4.23. The van der Waals surface area contributed by atoms with Gasteiger partial charge in [-0.15, -0.1) is 0 Å². The monoisotopic (exact) mass is 629 g/mol. The van der Waals surface area contributed by atoms with Gasteiger partial charge in [-0.2, -0.15) is 0 Å². The van der Waals surface area contributed by atoms with E-state index in [0.29, 0.717) is 0 Å². The molecule has 3 N–H and O–H groups in total. The van der Waals surface area contributed by atoms with E-state index in [1.165, 1.54) is 30.3 Å². The number of hydrogen-bond donors (Lipinski definition) is 3. The molecule has 0 fully saturated rings. The molecule has 2 aromatic rings. The third-order valence-electron chi connectivity index (χ3n) is 5.08. The van der Waals surface area contributed by atoms with Crippen LogP contribution in [0.25, 0.3) is 0 Å². The molecule has 0 aliphatic rings. The molecule has 13 nitrogen and oxygen atoms in total. The summed E-state index contributed by atoms with van der Waals surface area (Å²) in [6.07, 6.45) is -0.562. The van der Waals surface area contributed by atoms with E-state index in [2.05, 4.69) is 16.2 Å². The van der Waals surface area contributed by atoms with Crippen LogP contribution in [0.4, 0.5) is 4.79 Å². The lowest BCUT2D eigenvalue weighted by Gasteiger charge is -2.21. The van der Waals surface area contributed by atoms with Crippen LogP contribution in [0.5, 0.6) is 11.5 Å². The van der Waals surface area contributed by atoms with Gasteiger partial charge in [0.1, 0.15) is 16.8 Å². The Morgan fingerprint density at radius 1 is 0.578 bits per heavy atom. The highest BCUT2D eigenvalue weighted by Crippen LogP contribution is 2.29. The molecule has 0 unspecified atom stereocenters. The van der Waals surface area contributed by atoms with E-state index in [0.717, 1.165) is 5.56 Å². The van der Waals surface area contributed by atoms with Crippen LogP contribution < -0.4 is 25.6 Å². The highest BCUT2D eigenvalue weighted by molar-refractivity contribution is 5.99. The van der Waals surface area contributed by atoms with E-state index in [1.807, 2.05) is 0 Å². The second-order valence-corrected chi connectivity index (χ2v) is 12.9. The van der Waals surface area contributed by atoms with Crippen molar-refractivity contribution in [1.29, 1.82) is 0 Å². The van der Waals surface area contributed by atoms with Crippen LogP contribution in [0.15, 0.2) is 42.5 Å². The van der Waals surface area contributed by atoms with Gasteiger partial charge in [-0.25, -0.2) is 14.4 Å². The third-order valence-corrected chi connectivity index (χ3v) is 5.08. The van der Waals surface area contributed by atoms with Gasteiger partial charge in [0.25, 0.3) is 11.8 Å². The summed E-state index contributed by atoms with van der Waals surface area (Å²) in [6, 6.07) is 10.4. The van der Waals surface area contributed by atoms with Crippen molar-refractivity contribution in [3.8, 4) is 11.5 Å². The number of hydrogen-bond acceptors (Lipinski definition) is 10. The predicted molar refractivity (Wildman–Crippen MR) is 164 cm³/mol. The molecule has 13 heteroatoms.